The van der Waals surface area contributed by atoms with Gasteiger partial charge in [-0.25, -0.2) is 0 Å². The Kier molecular flexibility index (Phi) is 6.19. The lowest BCUT2D eigenvalue weighted by atomic mass is 9.77. The summed E-state index contributed by atoms with van der Waals surface area (Å²) in [6, 6.07) is 0. The monoisotopic (exact) mass is 265 g/mol. The third-order valence-electron chi connectivity index (χ3n) is 6.31. The largest absolute Gasteiger partial charge is 0.330 e. The molecule has 4 atom stereocenters. The summed E-state index contributed by atoms with van der Waals surface area (Å²) in [4.78, 5) is 0. The van der Waals surface area contributed by atoms with Gasteiger partial charge in [0.2, 0.25) is 0 Å². The quantitative estimate of drug-likeness (QED) is 0.719. The van der Waals surface area contributed by atoms with E-state index in [9.17, 15) is 0 Å². The molecule has 0 aromatic heterocycles. The molecule has 0 saturated heterocycles. The summed E-state index contributed by atoms with van der Waals surface area (Å²) in [6.07, 6.45) is 14.7. The van der Waals surface area contributed by atoms with E-state index in [-0.39, 0.29) is 0 Å². The Balaban J connectivity index is 1.68. The molecular weight excluding hydrogens is 230 g/mol. The number of hydrogen-bond acceptors (Lipinski definition) is 1. The van der Waals surface area contributed by atoms with Crippen LogP contribution in [-0.2, 0) is 0 Å². The molecule has 4 unspecified atom stereocenters. The van der Waals surface area contributed by atoms with E-state index in [1.54, 1.807) is 0 Å². The lowest BCUT2D eigenvalue weighted by Gasteiger charge is -2.28. The first kappa shape index (κ1) is 15.4. The van der Waals surface area contributed by atoms with Crippen LogP contribution in [0, 0.1) is 29.6 Å². The molecule has 0 spiro atoms. The first-order valence-corrected chi connectivity index (χ1v) is 8.90. The number of hydrogen-bond donors (Lipinski definition) is 1. The molecule has 2 N–H and O–H groups in total. The van der Waals surface area contributed by atoms with Gasteiger partial charge in [0.05, 0.1) is 0 Å². The van der Waals surface area contributed by atoms with Crippen LogP contribution in [0.4, 0.5) is 0 Å². The van der Waals surface area contributed by atoms with Crippen molar-refractivity contribution in [3.05, 3.63) is 0 Å². The summed E-state index contributed by atoms with van der Waals surface area (Å²) in [7, 11) is 0. The minimum Gasteiger partial charge on any atom is -0.330 e. The van der Waals surface area contributed by atoms with Gasteiger partial charge in [0.1, 0.15) is 0 Å². The van der Waals surface area contributed by atoms with Crippen LogP contribution in [0.5, 0.6) is 0 Å². The highest BCUT2D eigenvalue weighted by Crippen LogP contribution is 2.40. The van der Waals surface area contributed by atoms with Gasteiger partial charge in [-0.15, -0.1) is 0 Å². The van der Waals surface area contributed by atoms with E-state index in [4.69, 9.17) is 5.73 Å². The fraction of sp³-hybridized carbons (Fsp3) is 1.00. The van der Waals surface area contributed by atoms with Crippen LogP contribution < -0.4 is 5.73 Å². The van der Waals surface area contributed by atoms with Crippen molar-refractivity contribution in [1.29, 1.82) is 0 Å². The van der Waals surface area contributed by atoms with Gasteiger partial charge in [0, 0.05) is 0 Å². The molecule has 2 aliphatic carbocycles. The molecule has 1 heteroatoms. The average Bonchev–Trinajstić information content (AvgIpc) is 2.94. The number of rotatable bonds is 6. The lowest BCUT2D eigenvalue weighted by molar-refractivity contribution is 0.223. The van der Waals surface area contributed by atoms with Crippen molar-refractivity contribution in [2.45, 2.75) is 78.1 Å². The topological polar surface area (TPSA) is 26.0 Å². The minimum absolute atomic E-state index is 0.831. The second kappa shape index (κ2) is 7.67. The zero-order valence-corrected chi connectivity index (χ0v) is 13.2. The predicted molar refractivity (Wildman–Crippen MR) is 84.0 cm³/mol. The summed E-state index contributed by atoms with van der Waals surface area (Å²) in [5.74, 6) is 4.69. The Labute approximate surface area is 120 Å². The molecule has 0 radical (unpaired) electrons. The molecule has 0 aromatic rings. The molecule has 2 saturated carbocycles. The maximum absolute atomic E-state index is 5.83. The van der Waals surface area contributed by atoms with Crippen molar-refractivity contribution < 1.29 is 0 Å². The lowest BCUT2D eigenvalue weighted by Crippen LogP contribution is -2.19. The van der Waals surface area contributed by atoms with Crippen molar-refractivity contribution in [1.82, 2.24) is 0 Å². The van der Waals surface area contributed by atoms with E-state index in [1.165, 1.54) is 64.2 Å². The first-order chi connectivity index (χ1) is 9.20. The fourth-order valence-corrected chi connectivity index (χ4v) is 4.51. The molecule has 0 bridgehead atoms. The summed E-state index contributed by atoms with van der Waals surface area (Å²) < 4.78 is 0. The maximum atomic E-state index is 5.83. The van der Waals surface area contributed by atoms with Gasteiger partial charge in [-0.2, -0.15) is 0 Å². The predicted octanol–water partition coefficient (Wildman–Crippen LogP) is 4.99. The Morgan fingerprint density at radius 1 is 0.947 bits per heavy atom. The fourth-order valence-electron chi connectivity index (χ4n) is 4.51. The molecule has 0 heterocycles. The average molecular weight is 265 g/mol. The van der Waals surface area contributed by atoms with Crippen LogP contribution in [-0.4, -0.2) is 6.54 Å². The van der Waals surface area contributed by atoms with Gasteiger partial charge in [0.15, 0.2) is 0 Å². The standard InChI is InChI=1S/C18H35N/c1-14(8-9-16-6-4-3-5-7-16)15(2)18-11-10-17(12-18)13-19/h14-18H,3-13,19H2,1-2H3. The highest BCUT2D eigenvalue weighted by molar-refractivity contribution is 4.82. The number of nitrogens with two attached hydrogens (primary N) is 1. The van der Waals surface area contributed by atoms with E-state index in [2.05, 4.69) is 13.8 Å². The molecular formula is C18H35N. The van der Waals surface area contributed by atoms with Gasteiger partial charge >= 0.3 is 0 Å². The zero-order chi connectivity index (χ0) is 13.7. The van der Waals surface area contributed by atoms with Gasteiger partial charge in [-0.05, 0) is 55.4 Å². The van der Waals surface area contributed by atoms with E-state index < -0.39 is 0 Å². The van der Waals surface area contributed by atoms with Crippen molar-refractivity contribution in [2.75, 3.05) is 6.54 Å². The molecule has 0 amide bonds. The van der Waals surface area contributed by atoms with Crippen LogP contribution in [0.1, 0.15) is 78.1 Å². The van der Waals surface area contributed by atoms with E-state index in [0.29, 0.717) is 0 Å². The normalized spacial score (nSPS) is 32.4. The van der Waals surface area contributed by atoms with Crippen LogP contribution in [0.25, 0.3) is 0 Å². The molecule has 1 nitrogen and oxygen atoms in total. The van der Waals surface area contributed by atoms with Crippen molar-refractivity contribution >= 4 is 0 Å². The Bertz CT molecular complexity index is 244. The molecule has 19 heavy (non-hydrogen) atoms. The Hall–Kier alpha value is -0.0400. The molecule has 2 fully saturated rings. The molecule has 0 aromatic carbocycles. The van der Waals surface area contributed by atoms with Gasteiger partial charge in [0.25, 0.3) is 0 Å². The van der Waals surface area contributed by atoms with E-state index >= 15 is 0 Å². The minimum atomic E-state index is 0.831. The summed E-state index contributed by atoms with van der Waals surface area (Å²) in [5, 5.41) is 0. The molecule has 112 valence electrons. The van der Waals surface area contributed by atoms with Gasteiger partial charge < -0.3 is 5.73 Å². The van der Waals surface area contributed by atoms with Crippen LogP contribution in [0.3, 0.4) is 0 Å². The molecule has 2 aliphatic rings. The highest BCUT2D eigenvalue weighted by atomic mass is 14.6. The second-order valence-electron chi connectivity index (χ2n) is 7.59. The van der Waals surface area contributed by atoms with Crippen LogP contribution >= 0.6 is 0 Å². The van der Waals surface area contributed by atoms with Gasteiger partial charge in [-0.3, -0.25) is 0 Å². The van der Waals surface area contributed by atoms with Crippen molar-refractivity contribution in [3.63, 3.8) is 0 Å². The summed E-state index contributed by atoms with van der Waals surface area (Å²) >= 11 is 0. The van der Waals surface area contributed by atoms with Crippen molar-refractivity contribution in [2.24, 2.45) is 35.3 Å². The third kappa shape index (κ3) is 4.48. The van der Waals surface area contributed by atoms with Crippen molar-refractivity contribution in [3.8, 4) is 0 Å². The van der Waals surface area contributed by atoms with Gasteiger partial charge in [-0.1, -0.05) is 58.8 Å². The SMILES string of the molecule is CC(CCC1CCCCC1)C(C)C1CCC(CN)C1. The zero-order valence-electron chi connectivity index (χ0n) is 13.2. The molecule has 0 aliphatic heterocycles. The van der Waals surface area contributed by atoms with Crippen LogP contribution in [0.15, 0.2) is 0 Å². The molecule has 2 rings (SSSR count). The summed E-state index contributed by atoms with van der Waals surface area (Å²) in [5.41, 5.74) is 5.83. The van der Waals surface area contributed by atoms with E-state index in [0.717, 1.165) is 36.1 Å². The summed E-state index contributed by atoms with van der Waals surface area (Å²) in [6.45, 7) is 5.93. The Morgan fingerprint density at radius 2 is 1.68 bits per heavy atom. The van der Waals surface area contributed by atoms with E-state index in [1.807, 2.05) is 0 Å². The highest BCUT2D eigenvalue weighted by Gasteiger charge is 2.30. The smallest absolute Gasteiger partial charge is 0.00488 e. The first-order valence-electron chi connectivity index (χ1n) is 8.90. The second-order valence-corrected chi connectivity index (χ2v) is 7.59. The third-order valence-corrected chi connectivity index (χ3v) is 6.31. The maximum Gasteiger partial charge on any atom is -0.00488 e. The Morgan fingerprint density at radius 3 is 2.32 bits per heavy atom. The van der Waals surface area contributed by atoms with Crippen LogP contribution in [0.2, 0.25) is 0 Å².